The number of anilines is 1. The number of carbonyl (C=O) groups excluding carboxylic acids is 3. The summed E-state index contributed by atoms with van der Waals surface area (Å²) < 4.78 is 39.4. The van der Waals surface area contributed by atoms with Gasteiger partial charge in [-0.2, -0.15) is 24.5 Å². The van der Waals surface area contributed by atoms with Crippen LogP contribution in [0.2, 0.25) is 5.02 Å². The van der Waals surface area contributed by atoms with Crippen molar-refractivity contribution in [1.29, 1.82) is 0 Å². The van der Waals surface area contributed by atoms with Gasteiger partial charge in [-0.05, 0) is 47.5 Å². The van der Waals surface area contributed by atoms with Crippen LogP contribution in [0.5, 0.6) is 0 Å². The minimum Gasteiger partial charge on any atom is -0.324 e. The summed E-state index contributed by atoms with van der Waals surface area (Å²) in [5.74, 6) is -1.62. The Morgan fingerprint density at radius 2 is 2.04 bits per heavy atom. The molecule has 6 nitrogen and oxygen atoms in total. The number of benzene rings is 1. The second-order valence-electron chi connectivity index (χ2n) is 6.19. The fourth-order valence-corrected chi connectivity index (χ4v) is 3.72. The van der Waals surface area contributed by atoms with Gasteiger partial charge in [-0.15, -0.1) is 0 Å². The van der Waals surface area contributed by atoms with Crippen LogP contribution in [0, 0.1) is 0 Å². The second kappa shape index (κ2) is 7.10. The van der Waals surface area contributed by atoms with Crippen LogP contribution in [0.1, 0.15) is 18.1 Å². The van der Waals surface area contributed by atoms with Crippen molar-refractivity contribution in [2.75, 3.05) is 11.9 Å². The fraction of sp³-hybridized carbons (Fsp3) is 0.235. The molecular weight excluding hydrogens is 419 g/mol. The van der Waals surface area contributed by atoms with Gasteiger partial charge in [-0.3, -0.25) is 14.5 Å². The van der Waals surface area contributed by atoms with Gasteiger partial charge in [0, 0.05) is 5.02 Å². The largest absolute Gasteiger partial charge is 0.418 e. The van der Waals surface area contributed by atoms with E-state index in [0.29, 0.717) is 16.5 Å². The number of carbonyl (C=O) groups is 3. The Morgan fingerprint density at radius 1 is 1.32 bits per heavy atom. The molecule has 1 aliphatic rings. The number of urea groups is 1. The number of amides is 4. The van der Waals surface area contributed by atoms with Gasteiger partial charge in [0.05, 0.1) is 11.3 Å². The summed E-state index contributed by atoms with van der Waals surface area (Å²) >= 11 is 6.93. The van der Waals surface area contributed by atoms with Gasteiger partial charge in [0.15, 0.2) is 0 Å². The van der Waals surface area contributed by atoms with E-state index in [2.05, 4.69) is 10.6 Å². The lowest BCUT2D eigenvalue weighted by molar-refractivity contribution is -0.137. The van der Waals surface area contributed by atoms with Crippen molar-refractivity contribution in [2.45, 2.75) is 18.6 Å². The van der Waals surface area contributed by atoms with Crippen molar-refractivity contribution in [2.24, 2.45) is 0 Å². The van der Waals surface area contributed by atoms with Crippen LogP contribution in [0.4, 0.5) is 23.7 Å². The molecule has 148 valence electrons. The molecule has 0 spiro atoms. The van der Waals surface area contributed by atoms with Crippen LogP contribution < -0.4 is 10.6 Å². The standard InChI is InChI=1S/C17H13ClF3N3O3S/c1-16(9-4-5-28-8-9)14(26)24(15(27)23-16)7-13(25)22-12-3-2-10(18)6-11(12)17(19,20)21/h2-6,8H,7H2,1H3,(H,22,25)(H,23,27). The summed E-state index contributed by atoms with van der Waals surface area (Å²) in [5, 5.41) is 7.87. The summed E-state index contributed by atoms with van der Waals surface area (Å²) in [5.41, 5.74) is -2.44. The Labute approximate surface area is 166 Å². The number of hydrogen-bond donors (Lipinski definition) is 2. The van der Waals surface area contributed by atoms with Crippen molar-refractivity contribution in [3.05, 3.63) is 51.2 Å². The molecule has 0 radical (unpaired) electrons. The second-order valence-corrected chi connectivity index (χ2v) is 7.41. The number of imide groups is 1. The highest BCUT2D eigenvalue weighted by Gasteiger charge is 2.49. The molecule has 28 heavy (non-hydrogen) atoms. The summed E-state index contributed by atoms with van der Waals surface area (Å²) in [6.45, 7) is 0.762. The SMILES string of the molecule is CC1(c2ccsc2)NC(=O)N(CC(=O)Nc2ccc(Cl)cc2C(F)(F)F)C1=O. The Bertz CT molecular complexity index is 949. The van der Waals surface area contributed by atoms with E-state index in [1.165, 1.54) is 24.3 Å². The zero-order valence-corrected chi connectivity index (χ0v) is 15.8. The number of nitrogens with one attached hydrogen (secondary N) is 2. The van der Waals surface area contributed by atoms with Crippen LogP contribution >= 0.6 is 22.9 Å². The average Bonchev–Trinajstić information content (AvgIpc) is 3.20. The number of rotatable bonds is 4. The average molecular weight is 432 g/mol. The summed E-state index contributed by atoms with van der Waals surface area (Å²) in [6.07, 6.45) is -4.74. The highest BCUT2D eigenvalue weighted by molar-refractivity contribution is 7.08. The van der Waals surface area contributed by atoms with E-state index in [4.69, 9.17) is 11.6 Å². The van der Waals surface area contributed by atoms with Gasteiger partial charge in [-0.25, -0.2) is 4.79 Å². The lowest BCUT2D eigenvalue weighted by atomic mass is 9.95. The van der Waals surface area contributed by atoms with Gasteiger partial charge in [-0.1, -0.05) is 11.6 Å². The minimum atomic E-state index is -4.74. The van der Waals surface area contributed by atoms with Crippen LogP contribution in [0.15, 0.2) is 35.0 Å². The first-order chi connectivity index (χ1) is 13.0. The third kappa shape index (κ3) is 3.69. The molecule has 3 rings (SSSR count). The van der Waals surface area contributed by atoms with Gasteiger partial charge >= 0.3 is 12.2 Å². The zero-order chi connectivity index (χ0) is 20.7. The third-order valence-electron chi connectivity index (χ3n) is 4.24. The molecule has 2 heterocycles. The van der Waals surface area contributed by atoms with Gasteiger partial charge in [0.1, 0.15) is 12.1 Å². The van der Waals surface area contributed by atoms with E-state index < -0.39 is 47.4 Å². The molecule has 1 fully saturated rings. The normalized spacial score (nSPS) is 19.7. The van der Waals surface area contributed by atoms with Crippen molar-refractivity contribution in [3.63, 3.8) is 0 Å². The number of thiophene rings is 1. The van der Waals surface area contributed by atoms with Gasteiger partial charge in [0.2, 0.25) is 5.91 Å². The Kier molecular flexibility index (Phi) is 5.11. The molecule has 4 amide bonds. The minimum absolute atomic E-state index is 0.147. The highest BCUT2D eigenvalue weighted by atomic mass is 35.5. The molecule has 0 bridgehead atoms. The van der Waals surface area contributed by atoms with E-state index in [1.807, 2.05) is 0 Å². The summed E-state index contributed by atoms with van der Waals surface area (Å²) in [4.78, 5) is 37.7. The van der Waals surface area contributed by atoms with Crippen LogP contribution in [-0.4, -0.2) is 29.3 Å². The van der Waals surface area contributed by atoms with Crippen molar-refractivity contribution in [3.8, 4) is 0 Å². The predicted octanol–water partition coefficient (Wildman–Crippen LogP) is 3.83. The number of halogens is 4. The number of nitrogens with zero attached hydrogens (tertiary/aromatic N) is 1. The predicted molar refractivity (Wildman–Crippen MR) is 97.0 cm³/mol. The maximum Gasteiger partial charge on any atom is 0.418 e. The van der Waals surface area contributed by atoms with Crippen LogP contribution in [-0.2, 0) is 21.3 Å². The van der Waals surface area contributed by atoms with E-state index in [9.17, 15) is 27.6 Å². The smallest absolute Gasteiger partial charge is 0.324 e. The molecular formula is C17H13ClF3N3O3S. The van der Waals surface area contributed by atoms with E-state index in [0.717, 1.165) is 6.07 Å². The first kappa shape index (κ1) is 20.2. The molecule has 0 saturated carbocycles. The molecule has 1 aliphatic heterocycles. The van der Waals surface area contributed by atoms with Crippen molar-refractivity contribution in [1.82, 2.24) is 10.2 Å². The van der Waals surface area contributed by atoms with E-state index in [1.54, 1.807) is 16.8 Å². The van der Waals surface area contributed by atoms with Gasteiger partial charge < -0.3 is 10.6 Å². The van der Waals surface area contributed by atoms with Crippen LogP contribution in [0.25, 0.3) is 0 Å². The molecule has 0 aliphatic carbocycles. The Balaban J connectivity index is 1.78. The monoisotopic (exact) mass is 431 g/mol. The molecule has 11 heteroatoms. The molecule has 1 aromatic heterocycles. The summed E-state index contributed by atoms with van der Waals surface area (Å²) in [7, 11) is 0. The lowest BCUT2D eigenvalue weighted by Gasteiger charge is -2.20. The van der Waals surface area contributed by atoms with E-state index in [-0.39, 0.29) is 5.02 Å². The van der Waals surface area contributed by atoms with E-state index >= 15 is 0 Å². The number of hydrogen-bond acceptors (Lipinski definition) is 4. The Hall–Kier alpha value is -2.59. The quantitative estimate of drug-likeness (QED) is 0.722. The third-order valence-corrected chi connectivity index (χ3v) is 5.15. The lowest BCUT2D eigenvalue weighted by Crippen LogP contribution is -2.41. The van der Waals surface area contributed by atoms with Crippen LogP contribution in [0.3, 0.4) is 0 Å². The maximum atomic E-state index is 13.1. The van der Waals surface area contributed by atoms with Gasteiger partial charge in [0.25, 0.3) is 5.91 Å². The number of alkyl halides is 3. The molecule has 2 N–H and O–H groups in total. The molecule has 1 atom stereocenters. The molecule has 1 saturated heterocycles. The van der Waals surface area contributed by atoms with Crippen molar-refractivity contribution < 1.29 is 27.6 Å². The maximum absolute atomic E-state index is 13.1. The summed E-state index contributed by atoms with van der Waals surface area (Å²) in [6, 6.07) is 3.73. The van der Waals surface area contributed by atoms with Crippen molar-refractivity contribution >= 4 is 46.5 Å². The molecule has 1 unspecified atom stereocenters. The fourth-order valence-electron chi connectivity index (χ4n) is 2.78. The first-order valence-electron chi connectivity index (χ1n) is 7.86. The first-order valence-corrected chi connectivity index (χ1v) is 9.18. The zero-order valence-electron chi connectivity index (χ0n) is 14.3. The molecule has 2 aromatic rings. The Morgan fingerprint density at radius 3 is 2.64 bits per heavy atom. The highest BCUT2D eigenvalue weighted by Crippen LogP contribution is 2.36. The molecule has 1 aromatic carbocycles. The topological polar surface area (TPSA) is 78.5 Å².